The van der Waals surface area contributed by atoms with E-state index in [4.69, 9.17) is 4.74 Å². The van der Waals surface area contributed by atoms with E-state index in [0.29, 0.717) is 23.3 Å². The second-order valence-electron chi connectivity index (χ2n) is 6.53. The molecule has 0 aliphatic carbocycles. The minimum atomic E-state index is -4.42. The van der Waals surface area contributed by atoms with E-state index >= 15 is 0 Å². The van der Waals surface area contributed by atoms with Gasteiger partial charge in [0, 0.05) is 11.9 Å². The maximum absolute atomic E-state index is 13.2. The fourth-order valence-corrected chi connectivity index (χ4v) is 3.12. The molecule has 3 aromatic carbocycles. The molecule has 4 nitrogen and oxygen atoms in total. The van der Waals surface area contributed by atoms with Crippen molar-refractivity contribution in [3.05, 3.63) is 83.9 Å². The maximum atomic E-state index is 13.2. The van der Waals surface area contributed by atoms with Crippen molar-refractivity contribution in [2.75, 3.05) is 12.4 Å². The van der Waals surface area contributed by atoms with Gasteiger partial charge in [0.25, 0.3) is 0 Å². The molecule has 7 heteroatoms. The maximum Gasteiger partial charge on any atom is 0.416 e. The van der Waals surface area contributed by atoms with E-state index in [1.807, 2.05) is 54.6 Å². The quantitative estimate of drug-likeness (QED) is 0.472. The lowest BCUT2D eigenvalue weighted by atomic mass is 10.1. The molecule has 0 unspecified atom stereocenters. The normalized spacial score (nSPS) is 11.6. The fourth-order valence-electron chi connectivity index (χ4n) is 3.12. The Morgan fingerprint density at radius 2 is 1.69 bits per heavy atom. The number of rotatable bonds is 5. The van der Waals surface area contributed by atoms with Crippen molar-refractivity contribution < 1.29 is 17.9 Å². The third kappa shape index (κ3) is 3.89. The van der Waals surface area contributed by atoms with Crippen molar-refractivity contribution in [3.8, 4) is 11.4 Å². The number of hydrogen-bond donors (Lipinski definition) is 1. The summed E-state index contributed by atoms with van der Waals surface area (Å²) < 4.78 is 46.5. The van der Waals surface area contributed by atoms with Crippen molar-refractivity contribution in [1.29, 1.82) is 0 Å². The van der Waals surface area contributed by atoms with Gasteiger partial charge >= 0.3 is 6.18 Å². The van der Waals surface area contributed by atoms with Gasteiger partial charge in [-0.3, -0.25) is 0 Å². The van der Waals surface area contributed by atoms with Gasteiger partial charge in [0.05, 0.1) is 23.9 Å². The number of nitrogens with one attached hydrogen (secondary N) is 1. The van der Waals surface area contributed by atoms with E-state index in [1.165, 1.54) is 6.07 Å². The van der Waals surface area contributed by atoms with Crippen LogP contribution in [-0.2, 0) is 12.7 Å². The zero-order valence-electron chi connectivity index (χ0n) is 15.6. The molecule has 0 spiro atoms. The van der Waals surface area contributed by atoms with Gasteiger partial charge in [-0.25, -0.2) is 4.68 Å². The third-order valence-electron chi connectivity index (χ3n) is 4.63. The molecule has 0 aliphatic heterocycles. The first-order valence-electron chi connectivity index (χ1n) is 8.98. The van der Waals surface area contributed by atoms with Crippen LogP contribution < -0.4 is 10.1 Å². The van der Waals surface area contributed by atoms with E-state index in [2.05, 4.69) is 10.4 Å². The van der Waals surface area contributed by atoms with Gasteiger partial charge in [-0.2, -0.15) is 13.2 Å². The van der Waals surface area contributed by atoms with Crippen LogP contribution in [0.4, 0.5) is 19.0 Å². The van der Waals surface area contributed by atoms with Gasteiger partial charge < -0.3 is 10.1 Å². The molecule has 0 saturated carbocycles. The minimum Gasteiger partial charge on any atom is -0.497 e. The first-order valence-corrected chi connectivity index (χ1v) is 8.98. The highest BCUT2D eigenvalue weighted by Gasteiger charge is 2.31. The van der Waals surface area contributed by atoms with Gasteiger partial charge in [0.15, 0.2) is 5.82 Å². The Morgan fingerprint density at radius 3 is 2.34 bits per heavy atom. The van der Waals surface area contributed by atoms with Crippen molar-refractivity contribution in [2.24, 2.45) is 0 Å². The SMILES string of the molecule is COc1ccc(CNc2nn(-c3ccccc3)c3ccc(C(F)(F)F)cc23)cc1. The van der Waals surface area contributed by atoms with Gasteiger partial charge in [0.1, 0.15) is 5.75 Å². The summed E-state index contributed by atoms with van der Waals surface area (Å²) in [6.45, 7) is 0.418. The number of fused-ring (bicyclic) bond motifs is 1. The molecule has 0 atom stereocenters. The Balaban J connectivity index is 1.74. The highest BCUT2D eigenvalue weighted by molar-refractivity contribution is 5.92. The Labute approximate surface area is 165 Å². The summed E-state index contributed by atoms with van der Waals surface area (Å²) in [4.78, 5) is 0. The van der Waals surface area contributed by atoms with Crippen LogP contribution in [0.3, 0.4) is 0 Å². The smallest absolute Gasteiger partial charge is 0.416 e. The zero-order chi connectivity index (χ0) is 20.4. The van der Waals surface area contributed by atoms with Crippen LogP contribution in [0.5, 0.6) is 5.75 Å². The summed E-state index contributed by atoms with van der Waals surface area (Å²) in [6.07, 6.45) is -4.42. The molecular weight excluding hydrogens is 379 g/mol. The molecule has 0 aliphatic rings. The van der Waals surface area contributed by atoms with Crippen LogP contribution in [0.1, 0.15) is 11.1 Å². The molecule has 1 aromatic heterocycles. The zero-order valence-corrected chi connectivity index (χ0v) is 15.6. The number of halogens is 3. The van der Waals surface area contributed by atoms with Crippen molar-refractivity contribution in [3.63, 3.8) is 0 Å². The molecule has 0 amide bonds. The molecule has 0 bridgehead atoms. The summed E-state index contributed by atoms with van der Waals surface area (Å²) in [7, 11) is 1.59. The number of para-hydroxylation sites is 1. The molecule has 0 saturated heterocycles. The van der Waals surface area contributed by atoms with Crippen molar-refractivity contribution in [2.45, 2.75) is 12.7 Å². The average Bonchev–Trinajstić information content (AvgIpc) is 3.10. The molecule has 0 fully saturated rings. The average molecular weight is 397 g/mol. The van der Waals surface area contributed by atoms with Crippen LogP contribution >= 0.6 is 0 Å². The van der Waals surface area contributed by atoms with Crippen LogP contribution in [0.15, 0.2) is 72.8 Å². The molecule has 1 heterocycles. The highest BCUT2D eigenvalue weighted by Crippen LogP contribution is 2.34. The topological polar surface area (TPSA) is 39.1 Å². The summed E-state index contributed by atoms with van der Waals surface area (Å²) in [6, 6.07) is 20.4. The van der Waals surface area contributed by atoms with E-state index in [9.17, 15) is 13.2 Å². The molecule has 0 radical (unpaired) electrons. The summed E-state index contributed by atoms with van der Waals surface area (Å²) in [5.41, 5.74) is 1.63. The lowest BCUT2D eigenvalue weighted by molar-refractivity contribution is -0.137. The summed E-state index contributed by atoms with van der Waals surface area (Å²) in [5, 5.41) is 8.13. The van der Waals surface area contributed by atoms with Gasteiger partial charge in [-0.1, -0.05) is 30.3 Å². The fraction of sp³-hybridized carbons (Fsp3) is 0.136. The first kappa shape index (κ1) is 18.9. The Bertz CT molecular complexity index is 1120. The summed E-state index contributed by atoms with van der Waals surface area (Å²) >= 11 is 0. The number of methoxy groups -OCH3 is 1. The second-order valence-corrected chi connectivity index (χ2v) is 6.53. The standard InChI is InChI=1S/C22H18F3N3O/c1-29-18-10-7-15(8-11-18)14-26-21-19-13-16(22(23,24)25)9-12-20(19)28(27-21)17-5-3-2-4-6-17/h2-13H,14H2,1H3,(H,26,27). The Kier molecular flexibility index (Phi) is 4.88. The summed E-state index contributed by atoms with van der Waals surface area (Å²) in [5.74, 6) is 1.13. The third-order valence-corrected chi connectivity index (χ3v) is 4.63. The number of anilines is 1. The van der Waals surface area contributed by atoms with Gasteiger partial charge in [-0.15, -0.1) is 5.10 Å². The lowest BCUT2D eigenvalue weighted by Gasteiger charge is -2.08. The molecule has 1 N–H and O–H groups in total. The molecule has 148 valence electrons. The predicted molar refractivity (Wildman–Crippen MR) is 106 cm³/mol. The highest BCUT2D eigenvalue weighted by atomic mass is 19.4. The first-order chi connectivity index (χ1) is 14.0. The Morgan fingerprint density at radius 1 is 0.966 bits per heavy atom. The van der Waals surface area contributed by atoms with E-state index in [-0.39, 0.29) is 0 Å². The number of nitrogens with zero attached hydrogens (tertiary/aromatic N) is 2. The van der Waals surface area contributed by atoms with Gasteiger partial charge in [-0.05, 0) is 48.0 Å². The number of alkyl halides is 3. The van der Waals surface area contributed by atoms with E-state index < -0.39 is 11.7 Å². The van der Waals surface area contributed by atoms with E-state index in [1.54, 1.807) is 11.8 Å². The predicted octanol–water partition coefficient (Wildman–Crippen LogP) is 5.67. The van der Waals surface area contributed by atoms with Gasteiger partial charge in [0.2, 0.25) is 0 Å². The van der Waals surface area contributed by atoms with Crippen LogP contribution in [0.2, 0.25) is 0 Å². The Hall–Kier alpha value is -3.48. The number of benzene rings is 3. The molecule has 29 heavy (non-hydrogen) atoms. The minimum absolute atomic E-state index is 0.394. The van der Waals surface area contributed by atoms with Crippen LogP contribution in [-0.4, -0.2) is 16.9 Å². The number of ether oxygens (including phenoxy) is 1. The van der Waals surface area contributed by atoms with Crippen LogP contribution in [0, 0.1) is 0 Å². The number of aromatic nitrogens is 2. The van der Waals surface area contributed by atoms with E-state index in [0.717, 1.165) is 29.1 Å². The molecule has 4 aromatic rings. The van der Waals surface area contributed by atoms with Crippen LogP contribution in [0.25, 0.3) is 16.6 Å². The van der Waals surface area contributed by atoms with Crippen molar-refractivity contribution in [1.82, 2.24) is 9.78 Å². The lowest BCUT2D eigenvalue weighted by Crippen LogP contribution is -2.04. The molecule has 4 rings (SSSR count). The number of hydrogen-bond acceptors (Lipinski definition) is 3. The largest absolute Gasteiger partial charge is 0.497 e. The second kappa shape index (κ2) is 7.50. The van der Waals surface area contributed by atoms with Crippen molar-refractivity contribution >= 4 is 16.7 Å². The molecular formula is C22H18F3N3O. The monoisotopic (exact) mass is 397 g/mol.